The maximum atomic E-state index is 13.3. The number of esters is 3. The minimum absolute atomic E-state index is 0.0755. The number of pyridine rings is 1. The van der Waals surface area contributed by atoms with Crippen molar-refractivity contribution in [2.45, 2.75) is 83.4 Å². The maximum Gasteiger partial charge on any atom is 0.340 e. The lowest BCUT2D eigenvalue weighted by molar-refractivity contribution is -0.282. The molecule has 0 N–H and O–H groups in total. The van der Waals surface area contributed by atoms with Crippen LogP contribution in [0.5, 0.6) is 0 Å². The van der Waals surface area contributed by atoms with Gasteiger partial charge in [-0.05, 0) is 70.2 Å². The van der Waals surface area contributed by atoms with E-state index in [9.17, 15) is 14.4 Å². The number of hydrogen-bond acceptors (Lipinski definition) is 8. The van der Waals surface area contributed by atoms with Crippen LogP contribution in [0.15, 0.2) is 54.9 Å². The van der Waals surface area contributed by atoms with E-state index in [1.165, 1.54) is 13.1 Å². The molecular weight excluding hydrogens is 486 g/mol. The van der Waals surface area contributed by atoms with E-state index in [1.54, 1.807) is 42.6 Å². The molecule has 0 radical (unpaired) electrons. The Kier molecular flexibility index (Phi) is 6.58. The van der Waals surface area contributed by atoms with Crippen molar-refractivity contribution in [1.82, 2.24) is 4.98 Å². The molecule has 3 aliphatic rings. The minimum Gasteiger partial charge on any atom is -0.462 e. The number of carbonyl (C=O) groups is 3. The molecule has 5 rings (SSSR count). The first-order valence-electron chi connectivity index (χ1n) is 13.2. The summed E-state index contributed by atoms with van der Waals surface area (Å²) in [6.45, 7) is 9.39. The molecule has 1 aromatic heterocycles. The fourth-order valence-electron chi connectivity index (χ4n) is 7.23. The molecule has 1 aromatic carbocycles. The highest BCUT2D eigenvalue weighted by molar-refractivity contribution is 5.90. The van der Waals surface area contributed by atoms with Gasteiger partial charge in [-0.25, -0.2) is 9.59 Å². The Hall–Kier alpha value is -3.26. The lowest BCUT2D eigenvalue weighted by Gasteiger charge is -2.61. The van der Waals surface area contributed by atoms with Crippen molar-refractivity contribution in [1.29, 1.82) is 0 Å². The maximum absolute atomic E-state index is 13.3. The van der Waals surface area contributed by atoms with Crippen molar-refractivity contribution in [2.24, 2.45) is 17.3 Å². The minimum atomic E-state index is -1.06. The second-order valence-corrected chi connectivity index (χ2v) is 11.5. The first kappa shape index (κ1) is 26.4. The van der Waals surface area contributed by atoms with Gasteiger partial charge in [0, 0.05) is 25.2 Å². The van der Waals surface area contributed by atoms with Gasteiger partial charge in [-0.15, -0.1) is 0 Å². The van der Waals surface area contributed by atoms with Crippen molar-refractivity contribution in [2.75, 3.05) is 0 Å². The molecule has 0 unspecified atom stereocenters. The second kappa shape index (κ2) is 9.49. The van der Waals surface area contributed by atoms with E-state index < -0.39 is 52.8 Å². The molecule has 1 aliphatic heterocycles. The van der Waals surface area contributed by atoms with Gasteiger partial charge in [-0.2, -0.15) is 0 Å². The van der Waals surface area contributed by atoms with E-state index in [-0.39, 0.29) is 11.8 Å². The van der Waals surface area contributed by atoms with E-state index in [4.69, 9.17) is 18.9 Å². The largest absolute Gasteiger partial charge is 0.462 e. The Morgan fingerprint density at radius 3 is 2.24 bits per heavy atom. The Morgan fingerprint density at radius 1 is 0.895 bits per heavy atom. The van der Waals surface area contributed by atoms with Crippen LogP contribution in [0.2, 0.25) is 0 Å². The fraction of sp³-hybridized carbons (Fsp3) is 0.533. The van der Waals surface area contributed by atoms with Crippen molar-refractivity contribution in [3.8, 4) is 0 Å². The predicted octanol–water partition coefficient (Wildman–Crippen LogP) is 4.77. The van der Waals surface area contributed by atoms with Crippen LogP contribution >= 0.6 is 0 Å². The molecule has 2 heterocycles. The molecule has 3 fully saturated rings. The predicted molar refractivity (Wildman–Crippen MR) is 137 cm³/mol. The molecule has 8 nitrogen and oxygen atoms in total. The van der Waals surface area contributed by atoms with Gasteiger partial charge in [0.1, 0.15) is 23.9 Å². The molecule has 8 heteroatoms. The van der Waals surface area contributed by atoms with E-state index in [2.05, 4.69) is 11.9 Å². The molecular formula is C30H35NO7. The van der Waals surface area contributed by atoms with Crippen LogP contribution in [-0.4, -0.2) is 52.4 Å². The molecule has 202 valence electrons. The van der Waals surface area contributed by atoms with Gasteiger partial charge in [0.2, 0.25) is 0 Å². The smallest absolute Gasteiger partial charge is 0.340 e. The first-order valence-corrected chi connectivity index (χ1v) is 13.2. The van der Waals surface area contributed by atoms with Crippen LogP contribution < -0.4 is 0 Å². The summed E-state index contributed by atoms with van der Waals surface area (Å²) >= 11 is 0. The Morgan fingerprint density at radius 2 is 1.58 bits per heavy atom. The number of carbonyl (C=O) groups excluding carboxylic acids is 3. The summed E-state index contributed by atoms with van der Waals surface area (Å²) in [5.74, 6) is -1.69. The SMILES string of the molecule is CC(=O)O[C@H]1CC[C@@H](C)[C@]23OC(C)(C)[C@H](C[C@H](OC(=O)c4ccccc4)[C@]12C)[C@H]3OC(=O)c1cccnc1. The molecule has 1 spiro atoms. The van der Waals surface area contributed by atoms with Gasteiger partial charge >= 0.3 is 17.9 Å². The summed E-state index contributed by atoms with van der Waals surface area (Å²) < 4.78 is 25.5. The normalized spacial score (nSPS) is 35.0. The summed E-state index contributed by atoms with van der Waals surface area (Å²) in [7, 11) is 0. The summed E-state index contributed by atoms with van der Waals surface area (Å²) in [4.78, 5) is 43.0. The lowest BCUT2D eigenvalue weighted by atomic mass is 9.49. The van der Waals surface area contributed by atoms with E-state index >= 15 is 0 Å². The third-order valence-corrected chi connectivity index (χ3v) is 9.05. The highest BCUT2D eigenvalue weighted by Crippen LogP contribution is 2.67. The molecule has 2 bridgehead atoms. The van der Waals surface area contributed by atoms with Gasteiger partial charge in [0.05, 0.1) is 22.1 Å². The highest BCUT2D eigenvalue weighted by atomic mass is 16.6. The van der Waals surface area contributed by atoms with Gasteiger partial charge < -0.3 is 18.9 Å². The Bertz CT molecular complexity index is 1220. The number of aromatic nitrogens is 1. The van der Waals surface area contributed by atoms with Crippen molar-refractivity contribution < 1.29 is 33.3 Å². The van der Waals surface area contributed by atoms with E-state index in [1.807, 2.05) is 26.8 Å². The van der Waals surface area contributed by atoms with Crippen LogP contribution in [0, 0.1) is 17.3 Å². The molecule has 38 heavy (non-hydrogen) atoms. The van der Waals surface area contributed by atoms with Gasteiger partial charge in [0.25, 0.3) is 0 Å². The fourth-order valence-corrected chi connectivity index (χ4v) is 7.23. The van der Waals surface area contributed by atoms with Crippen molar-refractivity contribution in [3.63, 3.8) is 0 Å². The average molecular weight is 522 g/mol. The zero-order valence-electron chi connectivity index (χ0n) is 22.5. The quantitative estimate of drug-likeness (QED) is 0.410. The van der Waals surface area contributed by atoms with Gasteiger partial charge in [-0.1, -0.05) is 25.1 Å². The lowest BCUT2D eigenvalue weighted by Crippen LogP contribution is -2.73. The number of ether oxygens (including phenoxy) is 4. The van der Waals surface area contributed by atoms with Crippen LogP contribution in [0.1, 0.15) is 74.6 Å². The average Bonchev–Trinajstić information content (AvgIpc) is 3.07. The summed E-state index contributed by atoms with van der Waals surface area (Å²) in [6, 6.07) is 12.2. The van der Waals surface area contributed by atoms with Crippen molar-refractivity contribution in [3.05, 3.63) is 66.0 Å². The molecule has 2 saturated carbocycles. The molecule has 2 aliphatic carbocycles. The Labute approximate surface area is 223 Å². The summed E-state index contributed by atoms with van der Waals surface area (Å²) in [5.41, 5.74) is -1.94. The van der Waals surface area contributed by atoms with Crippen LogP contribution in [0.25, 0.3) is 0 Å². The number of nitrogens with zero attached hydrogens (tertiary/aromatic N) is 1. The third kappa shape index (κ3) is 4.01. The van der Waals surface area contributed by atoms with E-state index in [0.717, 1.165) is 0 Å². The molecule has 0 amide bonds. The zero-order valence-corrected chi connectivity index (χ0v) is 22.5. The summed E-state index contributed by atoms with van der Waals surface area (Å²) in [6.07, 6.45) is 2.86. The number of rotatable bonds is 5. The van der Waals surface area contributed by atoms with Crippen LogP contribution in [0.4, 0.5) is 0 Å². The van der Waals surface area contributed by atoms with Crippen molar-refractivity contribution >= 4 is 17.9 Å². The molecule has 2 aromatic rings. The first-order chi connectivity index (χ1) is 18.0. The van der Waals surface area contributed by atoms with Crippen LogP contribution in [0.3, 0.4) is 0 Å². The monoisotopic (exact) mass is 521 g/mol. The van der Waals surface area contributed by atoms with Gasteiger partial charge in [-0.3, -0.25) is 9.78 Å². The Balaban J connectivity index is 1.60. The molecule has 7 atom stereocenters. The highest BCUT2D eigenvalue weighted by Gasteiger charge is 2.79. The number of benzene rings is 1. The summed E-state index contributed by atoms with van der Waals surface area (Å²) in [5, 5.41) is 0. The standard InChI is InChI=1S/C30H35NO7/c1-18-13-14-23(35-19(2)32)29(5)24(36-26(33)20-10-7-6-8-11-20)16-22-25(30(18,29)38-28(22,3)4)37-27(34)21-12-9-15-31-17-21/h6-12,15,17-18,22-25H,13-14,16H2,1-5H3/t18-,22-,23+,24+,25-,29+,30-/m1/s1. The molecule has 1 saturated heterocycles. The van der Waals surface area contributed by atoms with Crippen LogP contribution in [-0.2, 0) is 23.7 Å². The third-order valence-electron chi connectivity index (χ3n) is 9.05. The zero-order chi connectivity index (χ0) is 27.3. The van der Waals surface area contributed by atoms with E-state index in [0.29, 0.717) is 30.4 Å². The van der Waals surface area contributed by atoms with Gasteiger partial charge in [0.15, 0.2) is 0 Å². The number of hydrogen-bond donors (Lipinski definition) is 0. The second-order valence-electron chi connectivity index (χ2n) is 11.5. The topological polar surface area (TPSA) is 101 Å². The number of fused-ring (bicyclic) bond motifs is 1.